The number of hydrogen-bond acceptors (Lipinski definition) is 9. The molecule has 2 aliphatic carbocycles. The minimum Gasteiger partial charge on any atom is -0.382 e. The molecule has 222 valence electrons. The number of nitrogen functional groups attached to an aromatic ring is 1. The highest BCUT2D eigenvalue weighted by Gasteiger charge is 2.17. The van der Waals surface area contributed by atoms with E-state index in [1.54, 1.807) is 0 Å². The lowest BCUT2D eigenvalue weighted by molar-refractivity contribution is 0.442. The number of fused-ring (bicyclic) bond motifs is 1. The van der Waals surface area contributed by atoms with Gasteiger partial charge in [-0.25, -0.2) is 4.98 Å². The van der Waals surface area contributed by atoms with Gasteiger partial charge in [0, 0.05) is 30.6 Å². The Kier molecular flexibility index (Phi) is 8.81. The van der Waals surface area contributed by atoms with Gasteiger partial charge in [-0.1, -0.05) is 38.5 Å². The van der Waals surface area contributed by atoms with E-state index in [0.29, 0.717) is 17.7 Å². The molecule has 5 aromatic rings. The van der Waals surface area contributed by atoms with Crippen LogP contribution in [0.25, 0.3) is 22.2 Å². The standard InChI is InChI=1S/C23H25N7.C10H15N3/c1-15-19(14-30(2)29-15)18-10-21-20(24-12-18)8-9-22(26-21)27-23-11-17(13-25-28-23)16-6-4-3-5-7-16;11-10-6-9(7-12-13-10)8-4-2-1-3-5-8/h8-14,16H,3-7H2,1-2H3,(H,26,27,28);6-8H,1-5H2,(H2,11,13). The summed E-state index contributed by atoms with van der Waals surface area (Å²) in [5.74, 6) is 3.28. The predicted octanol–water partition coefficient (Wildman–Crippen LogP) is 7.03. The van der Waals surface area contributed by atoms with E-state index in [9.17, 15) is 0 Å². The van der Waals surface area contributed by atoms with Crippen LogP contribution in [-0.2, 0) is 7.05 Å². The van der Waals surface area contributed by atoms with Crippen molar-refractivity contribution < 1.29 is 0 Å². The zero-order valence-corrected chi connectivity index (χ0v) is 25.1. The number of rotatable bonds is 5. The van der Waals surface area contributed by atoms with Crippen molar-refractivity contribution in [1.29, 1.82) is 0 Å². The smallest absolute Gasteiger partial charge is 0.154 e. The second-order valence-corrected chi connectivity index (χ2v) is 11.8. The molecule has 2 fully saturated rings. The Bertz CT molecular complexity index is 1670. The van der Waals surface area contributed by atoms with Gasteiger partial charge in [0.05, 0.1) is 29.1 Å². The zero-order valence-electron chi connectivity index (χ0n) is 25.1. The number of nitrogens with two attached hydrogens (primary N) is 1. The first kappa shape index (κ1) is 28.6. The lowest BCUT2D eigenvalue weighted by Crippen LogP contribution is -2.06. The topological polar surface area (TPSA) is 133 Å². The zero-order chi connectivity index (χ0) is 29.6. The summed E-state index contributed by atoms with van der Waals surface area (Å²) in [7, 11) is 1.92. The molecular formula is C33H40N10. The van der Waals surface area contributed by atoms with Gasteiger partial charge >= 0.3 is 0 Å². The van der Waals surface area contributed by atoms with Crippen LogP contribution in [0.1, 0.15) is 92.9 Å². The lowest BCUT2D eigenvalue weighted by atomic mass is 9.85. The van der Waals surface area contributed by atoms with Crippen LogP contribution in [0.3, 0.4) is 0 Å². The van der Waals surface area contributed by atoms with Gasteiger partial charge in [0.2, 0.25) is 0 Å². The van der Waals surface area contributed by atoms with Gasteiger partial charge in [-0.2, -0.15) is 15.3 Å². The average molecular weight is 577 g/mol. The van der Waals surface area contributed by atoms with E-state index in [1.165, 1.54) is 75.3 Å². The third-order valence-corrected chi connectivity index (χ3v) is 8.64. The maximum atomic E-state index is 5.59. The fourth-order valence-corrected chi connectivity index (χ4v) is 6.40. The molecule has 5 heterocycles. The van der Waals surface area contributed by atoms with Crippen LogP contribution in [0.4, 0.5) is 17.5 Å². The van der Waals surface area contributed by atoms with Crippen molar-refractivity contribution in [3.63, 3.8) is 0 Å². The maximum absolute atomic E-state index is 5.59. The number of aryl methyl sites for hydroxylation is 2. The van der Waals surface area contributed by atoms with E-state index in [0.717, 1.165) is 39.5 Å². The van der Waals surface area contributed by atoms with Crippen LogP contribution in [-0.4, -0.2) is 40.1 Å². The first-order valence-corrected chi connectivity index (χ1v) is 15.5. The van der Waals surface area contributed by atoms with E-state index in [-0.39, 0.29) is 0 Å². The van der Waals surface area contributed by atoms with Gasteiger partial charge < -0.3 is 11.1 Å². The van der Waals surface area contributed by atoms with Crippen LogP contribution < -0.4 is 11.1 Å². The number of hydrogen-bond donors (Lipinski definition) is 2. The van der Waals surface area contributed by atoms with Crippen molar-refractivity contribution in [2.75, 3.05) is 11.1 Å². The van der Waals surface area contributed by atoms with Crippen LogP contribution >= 0.6 is 0 Å². The van der Waals surface area contributed by atoms with Gasteiger partial charge in [0.15, 0.2) is 5.82 Å². The summed E-state index contributed by atoms with van der Waals surface area (Å²) in [6, 6.07) is 10.0. The van der Waals surface area contributed by atoms with Crippen LogP contribution in [0.15, 0.2) is 55.1 Å². The molecule has 0 saturated heterocycles. The predicted molar refractivity (Wildman–Crippen MR) is 170 cm³/mol. The van der Waals surface area contributed by atoms with Crippen LogP contribution in [0.2, 0.25) is 0 Å². The SMILES string of the molecule is Cc1nn(C)cc1-c1cnc2ccc(Nc3cc(C4CCCCC4)cnn3)nc2c1.Nc1cc(C2CCCCC2)cnn1. The number of aromatic nitrogens is 8. The van der Waals surface area contributed by atoms with E-state index in [2.05, 4.69) is 47.9 Å². The van der Waals surface area contributed by atoms with Crippen molar-refractivity contribution in [3.05, 3.63) is 71.9 Å². The quantitative estimate of drug-likeness (QED) is 0.226. The molecule has 10 heteroatoms. The summed E-state index contributed by atoms with van der Waals surface area (Å²) in [5.41, 5.74) is 12.9. The summed E-state index contributed by atoms with van der Waals surface area (Å²) in [6.45, 7) is 2.00. The van der Waals surface area contributed by atoms with E-state index in [1.807, 2.05) is 61.6 Å². The average Bonchev–Trinajstić information content (AvgIpc) is 3.39. The number of nitrogens with zero attached hydrogens (tertiary/aromatic N) is 8. The highest BCUT2D eigenvalue weighted by molar-refractivity contribution is 5.82. The van der Waals surface area contributed by atoms with Gasteiger partial charge in [-0.15, -0.1) is 10.2 Å². The van der Waals surface area contributed by atoms with Gasteiger partial charge in [0.1, 0.15) is 11.6 Å². The highest BCUT2D eigenvalue weighted by atomic mass is 15.2. The summed E-state index contributed by atoms with van der Waals surface area (Å²) in [4.78, 5) is 9.34. The Hall–Kier alpha value is -4.47. The number of nitrogens with one attached hydrogen (secondary N) is 1. The Morgan fingerprint density at radius 3 is 2.09 bits per heavy atom. The van der Waals surface area contributed by atoms with Gasteiger partial charge in [0.25, 0.3) is 0 Å². The Morgan fingerprint density at radius 2 is 1.44 bits per heavy atom. The molecule has 43 heavy (non-hydrogen) atoms. The molecular weight excluding hydrogens is 536 g/mol. The molecule has 0 amide bonds. The van der Waals surface area contributed by atoms with Gasteiger partial charge in [-0.05, 0) is 85.9 Å². The molecule has 2 saturated carbocycles. The first-order chi connectivity index (χ1) is 21.0. The molecule has 0 aromatic carbocycles. The van der Waals surface area contributed by atoms with Crippen molar-refractivity contribution >= 4 is 28.5 Å². The molecule has 2 aliphatic rings. The van der Waals surface area contributed by atoms with Crippen LogP contribution in [0.5, 0.6) is 0 Å². The van der Waals surface area contributed by atoms with Crippen molar-refractivity contribution in [3.8, 4) is 11.1 Å². The second kappa shape index (κ2) is 13.2. The first-order valence-electron chi connectivity index (χ1n) is 15.5. The van der Waals surface area contributed by atoms with E-state index < -0.39 is 0 Å². The highest BCUT2D eigenvalue weighted by Crippen LogP contribution is 2.34. The van der Waals surface area contributed by atoms with Crippen molar-refractivity contribution in [2.45, 2.75) is 83.0 Å². The number of anilines is 3. The Balaban J connectivity index is 0.000000211. The third-order valence-electron chi connectivity index (χ3n) is 8.64. The molecule has 0 aliphatic heterocycles. The summed E-state index contributed by atoms with van der Waals surface area (Å²) in [6.07, 6.45) is 20.7. The summed E-state index contributed by atoms with van der Waals surface area (Å²) < 4.78 is 1.82. The fraction of sp³-hybridized carbons (Fsp3) is 0.424. The molecule has 5 aromatic heterocycles. The summed E-state index contributed by atoms with van der Waals surface area (Å²) in [5, 5.41) is 23.9. The van der Waals surface area contributed by atoms with Gasteiger partial charge in [-0.3, -0.25) is 9.67 Å². The summed E-state index contributed by atoms with van der Waals surface area (Å²) >= 11 is 0. The van der Waals surface area contributed by atoms with E-state index >= 15 is 0 Å². The molecule has 0 radical (unpaired) electrons. The molecule has 7 rings (SSSR count). The molecule has 10 nitrogen and oxygen atoms in total. The van der Waals surface area contributed by atoms with Crippen LogP contribution in [0, 0.1) is 6.92 Å². The van der Waals surface area contributed by atoms with Crippen molar-refractivity contribution in [1.82, 2.24) is 40.1 Å². The third kappa shape index (κ3) is 7.13. The molecule has 0 atom stereocenters. The molecule has 0 spiro atoms. The number of pyridine rings is 2. The Labute approximate surface area is 252 Å². The Morgan fingerprint density at radius 1 is 0.767 bits per heavy atom. The lowest BCUT2D eigenvalue weighted by Gasteiger charge is -2.21. The second-order valence-electron chi connectivity index (χ2n) is 11.8. The maximum Gasteiger partial charge on any atom is 0.154 e. The minimum absolute atomic E-state index is 0.545. The monoisotopic (exact) mass is 576 g/mol. The largest absolute Gasteiger partial charge is 0.382 e. The normalized spacial score (nSPS) is 16.0. The van der Waals surface area contributed by atoms with E-state index in [4.69, 9.17) is 10.7 Å². The van der Waals surface area contributed by atoms with Crippen molar-refractivity contribution in [2.24, 2.45) is 7.05 Å². The molecule has 0 unspecified atom stereocenters. The fourth-order valence-electron chi connectivity index (χ4n) is 6.40. The molecule has 3 N–H and O–H groups in total. The minimum atomic E-state index is 0.545. The molecule has 0 bridgehead atoms.